The van der Waals surface area contributed by atoms with Crippen molar-refractivity contribution in [3.8, 4) is 0 Å². The second-order valence-electron chi connectivity index (χ2n) is 7.68. The number of nitrogens with zero attached hydrogens (tertiary/aromatic N) is 2. The molecule has 6 nitrogen and oxygen atoms in total. The number of hydrogen-bond acceptors (Lipinski definition) is 4. The Morgan fingerprint density at radius 1 is 0.839 bits per heavy atom. The number of para-hydroxylation sites is 1. The topological polar surface area (TPSA) is 74.3 Å². The first-order chi connectivity index (χ1) is 15.2. The van der Waals surface area contributed by atoms with Crippen molar-refractivity contribution in [1.29, 1.82) is 0 Å². The van der Waals surface area contributed by atoms with Gasteiger partial charge in [-0.25, -0.2) is 4.98 Å². The molecule has 1 aromatic heterocycles. The van der Waals surface area contributed by atoms with Crippen molar-refractivity contribution in [2.24, 2.45) is 5.92 Å². The van der Waals surface area contributed by atoms with Gasteiger partial charge in [0.15, 0.2) is 0 Å². The highest BCUT2D eigenvalue weighted by atomic mass is 16.2. The number of rotatable bonds is 6. The van der Waals surface area contributed by atoms with Crippen LogP contribution >= 0.6 is 0 Å². The summed E-state index contributed by atoms with van der Waals surface area (Å²) < 4.78 is 0. The summed E-state index contributed by atoms with van der Waals surface area (Å²) in [5.74, 6) is 0.406. The molecule has 1 saturated heterocycles. The number of anilines is 2. The average Bonchev–Trinajstić information content (AvgIpc) is 2.82. The monoisotopic (exact) mass is 414 g/mol. The van der Waals surface area contributed by atoms with Gasteiger partial charge in [0.2, 0.25) is 11.8 Å². The molecular weight excluding hydrogens is 388 g/mol. The second kappa shape index (κ2) is 10.00. The molecule has 0 aliphatic carbocycles. The molecule has 6 heteroatoms. The highest BCUT2D eigenvalue weighted by Gasteiger charge is 2.33. The summed E-state index contributed by atoms with van der Waals surface area (Å²) in [5, 5.41) is 5.93. The Labute approximate surface area is 182 Å². The van der Waals surface area contributed by atoms with E-state index in [1.165, 1.54) is 0 Å². The Hall–Kier alpha value is -3.51. The Balaban J connectivity index is 1.43. The summed E-state index contributed by atoms with van der Waals surface area (Å²) in [5.41, 5.74) is 1.73. The number of carbonyl (C=O) groups is 2. The molecule has 3 aromatic rings. The summed E-state index contributed by atoms with van der Waals surface area (Å²) in [7, 11) is 0. The van der Waals surface area contributed by atoms with Gasteiger partial charge in [-0.2, -0.15) is 0 Å². The zero-order valence-electron chi connectivity index (χ0n) is 17.3. The number of carbonyl (C=O) groups excluding carboxylic acids is 2. The lowest BCUT2D eigenvalue weighted by atomic mass is 9.93. The molecule has 0 spiro atoms. The summed E-state index contributed by atoms with van der Waals surface area (Å²) >= 11 is 0. The molecule has 31 heavy (non-hydrogen) atoms. The first-order valence-corrected chi connectivity index (χ1v) is 10.6. The molecular formula is C25H26N4O2. The summed E-state index contributed by atoms with van der Waals surface area (Å²) in [6.07, 6.45) is 3.05. The van der Waals surface area contributed by atoms with Gasteiger partial charge in [-0.1, -0.05) is 54.6 Å². The fourth-order valence-corrected chi connectivity index (χ4v) is 3.98. The molecule has 1 aliphatic rings. The van der Waals surface area contributed by atoms with E-state index in [2.05, 4.69) is 20.5 Å². The largest absolute Gasteiger partial charge is 0.324 e. The first kappa shape index (κ1) is 20.8. The van der Waals surface area contributed by atoms with E-state index in [1.54, 1.807) is 12.3 Å². The maximum atomic E-state index is 13.2. The van der Waals surface area contributed by atoms with Crippen LogP contribution in [-0.4, -0.2) is 34.8 Å². The lowest BCUT2D eigenvalue weighted by Gasteiger charge is -2.36. The van der Waals surface area contributed by atoms with Crippen LogP contribution in [0, 0.1) is 5.92 Å². The van der Waals surface area contributed by atoms with Crippen molar-refractivity contribution in [3.05, 3.63) is 90.6 Å². The minimum absolute atomic E-state index is 0.0108. The molecule has 1 atom stereocenters. The third-order valence-electron chi connectivity index (χ3n) is 5.59. The second-order valence-corrected chi connectivity index (χ2v) is 7.68. The number of nitrogens with one attached hydrogen (secondary N) is 2. The summed E-state index contributed by atoms with van der Waals surface area (Å²) in [6.45, 7) is 1.34. The molecule has 2 aromatic carbocycles. The lowest BCUT2D eigenvalue weighted by molar-refractivity contribution is -0.124. The van der Waals surface area contributed by atoms with Crippen molar-refractivity contribution in [2.45, 2.75) is 18.9 Å². The van der Waals surface area contributed by atoms with Crippen LogP contribution in [0.3, 0.4) is 0 Å². The molecule has 1 fully saturated rings. The van der Waals surface area contributed by atoms with E-state index in [9.17, 15) is 9.59 Å². The van der Waals surface area contributed by atoms with Crippen LogP contribution in [0.5, 0.6) is 0 Å². The third kappa shape index (κ3) is 5.35. The smallest absolute Gasteiger partial charge is 0.246 e. The van der Waals surface area contributed by atoms with E-state index in [0.717, 1.165) is 11.3 Å². The summed E-state index contributed by atoms with van der Waals surface area (Å²) in [4.78, 5) is 32.2. The number of piperidine rings is 1. The van der Waals surface area contributed by atoms with Gasteiger partial charge in [-0.15, -0.1) is 0 Å². The minimum atomic E-state index is -0.402. The van der Waals surface area contributed by atoms with Gasteiger partial charge >= 0.3 is 0 Å². The molecule has 158 valence electrons. The normalized spacial score (nSPS) is 15.7. The molecule has 2 heterocycles. The van der Waals surface area contributed by atoms with Crippen LogP contribution in [0.25, 0.3) is 0 Å². The summed E-state index contributed by atoms with van der Waals surface area (Å²) in [6, 6.07) is 24.3. The van der Waals surface area contributed by atoms with Gasteiger partial charge in [-0.3, -0.25) is 14.5 Å². The molecule has 0 saturated carbocycles. The van der Waals surface area contributed by atoms with Crippen LogP contribution in [0.15, 0.2) is 85.1 Å². The van der Waals surface area contributed by atoms with Crippen molar-refractivity contribution in [2.75, 3.05) is 23.7 Å². The quantitative estimate of drug-likeness (QED) is 0.637. The molecule has 0 radical (unpaired) electrons. The number of hydrogen-bond donors (Lipinski definition) is 2. The molecule has 1 aliphatic heterocycles. The molecule has 0 unspecified atom stereocenters. The predicted molar refractivity (Wildman–Crippen MR) is 121 cm³/mol. The number of pyridine rings is 1. The van der Waals surface area contributed by atoms with Crippen LogP contribution in [0.4, 0.5) is 11.5 Å². The van der Waals surface area contributed by atoms with Gasteiger partial charge in [0.1, 0.15) is 11.9 Å². The fourth-order valence-electron chi connectivity index (χ4n) is 3.98. The van der Waals surface area contributed by atoms with Crippen molar-refractivity contribution in [1.82, 2.24) is 9.88 Å². The first-order valence-electron chi connectivity index (χ1n) is 10.6. The van der Waals surface area contributed by atoms with Crippen molar-refractivity contribution in [3.63, 3.8) is 0 Å². The highest BCUT2D eigenvalue weighted by Crippen LogP contribution is 2.29. The van der Waals surface area contributed by atoms with E-state index in [0.29, 0.717) is 31.7 Å². The maximum Gasteiger partial charge on any atom is 0.246 e. The van der Waals surface area contributed by atoms with E-state index >= 15 is 0 Å². The Kier molecular flexibility index (Phi) is 6.69. The van der Waals surface area contributed by atoms with Gasteiger partial charge < -0.3 is 10.6 Å². The predicted octanol–water partition coefficient (Wildman–Crippen LogP) is 4.11. The van der Waals surface area contributed by atoms with Crippen molar-refractivity contribution >= 4 is 23.3 Å². The van der Waals surface area contributed by atoms with Crippen LogP contribution in [0.2, 0.25) is 0 Å². The lowest BCUT2D eigenvalue weighted by Crippen LogP contribution is -2.44. The third-order valence-corrected chi connectivity index (χ3v) is 5.59. The Morgan fingerprint density at radius 3 is 2.13 bits per heavy atom. The average molecular weight is 415 g/mol. The zero-order chi connectivity index (χ0) is 21.5. The standard InChI is InChI=1S/C25H26N4O2/c30-24(28-22-13-7-8-16-26-22)20-14-17-29(18-15-20)23(19-9-3-1-4-10-19)25(31)27-21-11-5-2-6-12-21/h1-13,16,20,23H,14-15,17-18H2,(H,27,31)(H,26,28,30)/t23-/m0/s1. The van der Waals surface area contributed by atoms with Crippen LogP contribution in [-0.2, 0) is 9.59 Å². The van der Waals surface area contributed by atoms with Crippen LogP contribution in [0.1, 0.15) is 24.4 Å². The number of amides is 2. The number of likely N-dealkylation sites (tertiary alicyclic amines) is 1. The SMILES string of the molecule is O=C(Nc1ccccn1)C1CCN([C@H](C(=O)Nc2ccccc2)c2ccccc2)CC1. The highest BCUT2D eigenvalue weighted by molar-refractivity contribution is 5.95. The molecule has 2 N–H and O–H groups in total. The van der Waals surface area contributed by atoms with E-state index in [1.807, 2.05) is 72.8 Å². The van der Waals surface area contributed by atoms with E-state index in [4.69, 9.17) is 0 Å². The van der Waals surface area contributed by atoms with Gasteiger partial charge in [0.05, 0.1) is 0 Å². The zero-order valence-corrected chi connectivity index (χ0v) is 17.3. The van der Waals surface area contributed by atoms with Crippen LogP contribution < -0.4 is 10.6 Å². The molecule has 4 rings (SSSR count). The van der Waals surface area contributed by atoms with E-state index < -0.39 is 6.04 Å². The molecule has 2 amide bonds. The van der Waals surface area contributed by atoms with E-state index in [-0.39, 0.29) is 17.7 Å². The van der Waals surface area contributed by atoms with Gasteiger partial charge in [0, 0.05) is 17.8 Å². The number of aromatic nitrogens is 1. The van der Waals surface area contributed by atoms with Crippen molar-refractivity contribution < 1.29 is 9.59 Å². The fraction of sp³-hybridized carbons (Fsp3) is 0.240. The maximum absolute atomic E-state index is 13.2. The number of benzene rings is 2. The van der Waals surface area contributed by atoms with Gasteiger partial charge in [-0.05, 0) is 55.8 Å². The Bertz CT molecular complexity index is 988. The van der Waals surface area contributed by atoms with Gasteiger partial charge in [0.25, 0.3) is 0 Å². The minimum Gasteiger partial charge on any atom is -0.324 e. The Morgan fingerprint density at radius 2 is 1.48 bits per heavy atom. The molecule has 0 bridgehead atoms.